The second-order valence-electron chi connectivity index (χ2n) is 7.39. The van der Waals surface area contributed by atoms with Crippen LogP contribution < -0.4 is 20.9 Å². The largest absolute Gasteiger partial charge is 0.497 e. The molecular formula is C23H28N4O2. The van der Waals surface area contributed by atoms with E-state index in [9.17, 15) is 4.79 Å². The van der Waals surface area contributed by atoms with Crippen LogP contribution in [0.25, 0.3) is 10.9 Å². The number of rotatable bonds is 6. The van der Waals surface area contributed by atoms with Crippen LogP contribution in [-0.4, -0.2) is 23.7 Å². The summed E-state index contributed by atoms with van der Waals surface area (Å²) in [5.74, 6) is 0.793. The molecule has 2 atom stereocenters. The number of carbonyl (C=O) groups excluding carboxylic acids is 1. The van der Waals surface area contributed by atoms with Crippen LogP contribution in [0.2, 0.25) is 0 Å². The van der Waals surface area contributed by atoms with Gasteiger partial charge in [-0.05, 0) is 49.2 Å². The Morgan fingerprint density at radius 2 is 1.93 bits per heavy atom. The molecule has 29 heavy (non-hydrogen) atoms. The molecular weight excluding hydrogens is 364 g/mol. The lowest BCUT2D eigenvalue weighted by molar-refractivity contribution is 0.0932. The van der Waals surface area contributed by atoms with Crippen LogP contribution >= 0.6 is 0 Å². The van der Waals surface area contributed by atoms with Crippen molar-refractivity contribution in [3.8, 4) is 5.75 Å². The van der Waals surface area contributed by atoms with E-state index < -0.39 is 0 Å². The lowest BCUT2D eigenvalue weighted by Gasteiger charge is -2.14. The molecule has 152 valence electrons. The Morgan fingerprint density at radius 3 is 2.62 bits per heavy atom. The van der Waals surface area contributed by atoms with E-state index in [4.69, 9.17) is 4.74 Å². The van der Waals surface area contributed by atoms with Gasteiger partial charge in [-0.25, -0.2) is 10.9 Å². The zero-order chi connectivity index (χ0) is 20.4. The van der Waals surface area contributed by atoms with Crippen molar-refractivity contribution in [3.63, 3.8) is 0 Å². The molecule has 6 heteroatoms. The molecule has 0 saturated carbocycles. The maximum Gasteiger partial charge on any atom is 0.252 e. The molecule has 3 N–H and O–H groups in total. The lowest BCUT2D eigenvalue weighted by Crippen LogP contribution is -2.44. The standard InChI is InChI=1S/C23H28N4O2/c1-4-15-6-8-16(9-7-15)23(28)24-22-14-19(25-26-22)21-12-17-10-11-18(29-3)13-20(17)27(21)5-2/h6-13,19,22,25-26H,4-5,14H2,1-3H3,(H,24,28). The molecule has 3 aromatic rings. The predicted octanol–water partition coefficient (Wildman–Crippen LogP) is 3.53. The fourth-order valence-electron chi connectivity index (χ4n) is 4.00. The number of hydrogen-bond donors (Lipinski definition) is 3. The fourth-order valence-corrected chi connectivity index (χ4v) is 4.00. The molecule has 0 spiro atoms. The number of aryl methyl sites for hydroxylation is 2. The summed E-state index contributed by atoms with van der Waals surface area (Å²) < 4.78 is 7.68. The molecule has 0 bridgehead atoms. The number of hydrazine groups is 1. The van der Waals surface area contributed by atoms with E-state index in [1.807, 2.05) is 30.3 Å². The Kier molecular flexibility index (Phi) is 5.56. The maximum absolute atomic E-state index is 12.6. The normalized spacial score (nSPS) is 18.9. The average molecular weight is 393 g/mol. The van der Waals surface area contributed by atoms with E-state index in [2.05, 4.69) is 52.8 Å². The van der Waals surface area contributed by atoms with Gasteiger partial charge in [0.25, 0.3) is 5.91 Å². The zero-order valence-corrected chi connectivity index (χ0v) is 17.2. The van der Waals surface area contributed by atoms with Crippen molar-refractivity contribution >= 4 is 16.8 Å². The Bertz CT molecular complexity index is 1010. The fraction of sp³-hybridized carbons (Fsp3) is 0.348. The highest BCUT2D eigenvalue weighted by atomic mass is 16.5. The first-order valence-electron chi connectivity index (χ1n) is 10.2. The minimum atomic E-state index is -0.129. The number of benzene rings is 2. The second-order valence-corrected chi connectivity index (χ2v) is 7.39. The van der Waals surface area contributed by atoms with E-state index >= 15 is 0 Å². The number of methoxy groups -OCH3 is 1. The van der Waals surface area contributed by atoms with Crippen molar-refractivity contribution in [3.05, 3.63) is 65.4 Å². The molecule has 2 heterocycles. The van der Waals surface area contributed by atoms with Crippen molar-refractivity contribution in [2.45, 2.75) is 45.4 Å². The number of aromatic nitrogens is 1. The molecule has 2 aromatic carbocycles. The Hall–Kier alpha value is -2.83. The molecule has 1 amide bonds. The summed E-state index contributed by atoms with van der Waals surface area (Å²) in [6, 6.07) is 16.3. The van der Waals surface area contributed by atoms with Gasteiger partial charge in [-0.2, -0.15) is 0 Å². The molecule has 2 unspecified atom stereocenters. The molecule has 4 rings (SSSR count). The van der Waals surface area contributed by atoms with Gasteiger partial charge in [0, 0.05) is 35.7 Å². The van der Waals surface area contributed by atoms with Crippen LogP contribution in [0.5, 0.6) is 5.75 Å². The van der Waals surface area contributed by atoms with Gasteiger partial charge < -0.3 is 14.6 Å². The quantitative estimate of drug-likeness (QED) is 0.600. The summed E-state index contributed by atoms with van der Waals surface area (Å²) in [7, 11) is 1.69. The molecule has 1 aromatic heterocycles. The summed E-state index contributed by atoms with van der Waals surface area (Å²) in [5, 5.41) is 4.27. The highest BCUT2D eigenvalue weighted by Gasteiger charge is 2.29. The molecule has 1 aliphatic rings. The van der Waals surface area contributed by atoms with Crippen LogP contribution in [0, 0.1) is 0 Å². The van der Waals surface area contributed by atoms with Crippen molar-refractivity contribution in [1.29, 1.82) is 0 Å². The summed E-state index contributed by atoms with van der Waals surface area (Å²) in [4.78, 5) is 12.6. The van der Waals surface area contributed by atoms with Crippen LogP contribution in [0.3, 0.4) is 0 Å². The SMILES string of the molecule is CCc1ccc(C(=O)NC2CC(c3cc4ccc(OC)cc4n3CC)NN2)cc1. The van der Waals surface area contributed by atoms with E-state index in [1.165, 1.54) is 16.6 Å². The van der Waals surface area contributed by atoms with E-state index in [0.717, 1.165) is 30.7 Å². The number of hydrogen-bond acceptors (Lipinski definition) is 4. The number of nitrogens with zero attached hydrogens (tertiary/aromatic N) is 1. The molecule has 6 nitrogen and oxygen atoms in total. The topological polar surface area (TPSA) is 67.3 Å². The summed E-state index contributed by atoms with van der Waals surface area (Å²) in [6.45, 7) is 5.12. The first kappa shape index (κ1) is 19.5. The molecule has 0 aliphatic carbocycles. The van der Waals surface area contributed by atoms with Gasteiger partial charge in [-0.1, -0.05) is 19.1 Å². The minimum absolute atomic E-state index is 0.0617. The third-order valence-electron chi connectivity index (χ3n) is 5.65. The minimum Gasteiger partial charge on any atom is -0.497 e. The highest BCUT2D eigenvalue weighted by molar-refractivity contribution is 5.94. The smallest absolute Gasteiger partial charge is 0.252 e. The highest BCUT2D eigenvalue weighted by Crippen LogP contribution is 2.30. The van der Waals surface area contributed by atoms with Gasteiger partial charge >= 0.3 is 0 Å². The van der Waals surface area contributed by atoms with Crippen LogP contribution in [0.1, 0.15) is 47.9 Å². The van der Waals surface area contributed by atoms with Gasteiger partial charge in [0.1, 0.15) is 5.75 Å². The summed E-state index contributed by atoms with van der Waals surface area (Å²) >= 11 is 0. The summed E-state index contributed by atoms with van der Waals surface area (Å²) in [5.41, 5.74) is 10.8. The summed E-state index contributed by atoms with van der Waals surface area (Å²) in [6.07, 6.45) is 1.61. The van der Waals surface area contributed by atoms with Crippen LogP contribution in [-0.2, 0) is 13.0 Å². The van der Waals surface area contributed by atoms with Crippen molar-refractivity contribution in [2.75, 3.05) is 7.11 Å². The van der Waals surface area contributed by atoms with Gasteiger partial charge in [-0.15, -0.1) is 0 Å². The number of ether oxygens (including phenoxy) is 1. The van der Waals surface area contributed by atoms with E-state index in [0.29, 0.717) is 5.56 Å². The third-order valence-corrected chi connectivity index (χ3v) is 5.65. The zero-order valence-electron chi connectivity index (χ0n) is 17.2. The van der Waals surface area contributed by atoms with E-state index in [1.54, 1.807) is 7.11 Å². The Labute approximate surface area is 171 Å². The van der Waals surface area contributed by atoms with Crippen molar-refractivity contribution < 1.29 is 9.53 Å². The van der Waals surface area contributed by atoms with Gasteiger partial charge in [0.15, 0.2) is 0 Å². The van der Waals surface area contributed by atoms with Crippen LogP contribution in [0.4, 0.5) is 0 Å². The van der Waals surface area contributed by atoms with Gasteiger partial charge in [0.2, 0.25) is 0 Å². The van der Waals surface area contributed by atoms with Crippen molar-refractivity contribution in [1.82, 2.24) is 20.7 Å². The predicted molar refractivity (Wildman–Crippen MR) is 115 cm³/mol. The van der Waals surface area contributed by atoms with E-state index in [-0.39, 0.29) is 18.1 Å². The molecule has 1 saturated heterocycles. The molecule has 0 radical (unpaired) electrons. The number of fused-ring (bicyclic) bond motifs is 1. The first-order valence-corrected chi connectivity index (χ1v) is 10.2. The Morgan fingerprint density at radius 1 is 1.14 bits per heavy atom. The molecule has 1 aliphatic heterocycles. The molecule has 1 fully saturated rings. The van der Waals surface area contributed by atoms with Crippen LogP contribution in [0.15, 0.2) is 48.5 Å². The monoisotopic (exact) mass is 392 g/mol. The number of nitrogens with one attached hydrogen (secondary N) is 3. The second kappa shape index (κ2) is 8.27. The maximum atomic E-state index is 12.6. The van der Waals surface area contributed by atoms with Crippen molar-refractivity contribution in [2.24, 2.45) is 0 Å². The number of carbonyl (C=O) groups is 1. The first-order chi connectivity index (χ1) is 14.1. The lowest BCUT2D eigenvalue weighted by atomic mass is 10.1. The van der Waals surface area contributed by atoms with Gasteiger partial charge in [-0.3, -0.25) is 4.79 Å². The van der Waals surface area contributed by atoms with Gasteiger partial charge in [0.05, 0.1) is 24.8 Å². The number of amides is 1. The third kappa shape index (κ3) is 3.86. The Balaban J connectivity index is 1.48. The average Bonchev–Trinajstić information content (AvgIpc) is 3.37.